The van der Waals surface area contributed by atoms with E-state index < -0.39 is 0 Å². The number of aromatic hydroxyl groups is 1. The van der Waals surface area contributed by atoms with Gasteiger partial charge in [-0.2, -0.15) is 0 Å². The van der Waals surface area contributed by atoms with E-state index in [1.54, 1.807) is 18.3 Å². The lowest BCUT2D eigenvalue weighted by Gasteiger charge is -2.11. The average Bonchev–Trinajstić information content (AvgIpc) is 2.38. The van der Waals surface area contributed by atoms with Crippen LogP contribution in [0.2, 0.25) is 5.15 Å². The minimum absolute atomic E-state index is 0.121. The molecule has 0 unspecified atom stereocenters. The van der Waals surface area contributed by atoms with Crippen molar-refractivity contribution in [2.24, 2.45) is 0 Å². The third-order valence-electron chi connectivity index (χ3n) is 2.83. The molecule has 4 nitrogen and oxygen atoms in total. The number of pyridine rings is 1. The lowest BCUT2D eigenvalue weighted by Crippen LogP contribution is -2.02. The third-order valence-corrected chi connectivity index (χ3v) is 3.11. The molecule has 0 aliphatic rings. The molecule has 2 rings (SSSR count). The molecule has 0 saturated carbocycles. The fourth-order valence-electron chi connectivity index (χ4n) is 1.77. The number of benzene rings is 1. The quantitative estimate of drug-likeness (QED) is 0.842. The SMILES string of the molecule is COc1ccc(CNc2c(C)ccnc2Cl)cc1O. The van der Waals surface area contributed by atoms with E-state index in [1.165, 1.54) is 7.11 Å². The van der Waals surface area contributed by atoms with Gasteiger partial charge in [-0.25, -0.2) is 4.98 Å². The molecule has 5 heteroatoms. The van der Waals surface area contributed by atoms with Gasteiger partial charge in [0, 0.05) is 12.7 Å². The highest BCUT2D eigenvalue weighted by Crippen LogP contribution is 2.28. The Hall–Kier alpha value is -1.94. The molecule has 0 bridgehead atoms. The van der Waals surface area contributed by atoms with Gasteiger partial charge in [-0.05, 0) is 36.2 Å². The summed E-state index contributed by atoms with van der Waals surface area (Å²) in [5.74, 6) is 0.579. The molecule has 19 heavy (non-hydrogen) atoms. The molecule has 0 saturated heterocycles. The number of rotatable bonds is 4. The Balaban J connectivity index is 2.13. The first-order valence-electron chi connectivity index (χ1n) is 5.82. The summed E-state index contributed by atoms with van der Waals surface area (Å²) in [5.41, 5.74) is 2.76. The van der Waals surface area contributed by atoms with Gasteiger partial charge in [-0.3, -0.25) is 0 Å². The van der Waals surface area contributed by atoms with Crippen LogP contribution in [0.15, 0.2) is 30.5 Å². The molecule has 0 atom stereocenters. The van der Waals surface area contributed by atoms with Gasteiger partial charge in [-0.1, -0.05) is 17.7 Å². The lowest BCUT2D eigenvalue weighted by atomic mass is 10.2. The van der Waals surface area contributed by atoms with Gasteiger partial charge in [0.25, 0.3) is 0 Å². The van der Waals surface area contributed by atoms with Gasteiger partial charge in [0.15, 0.2) is 16.7 Å². The van der Waals surface area contributed by atoms with Crippen molar-refractivity contribution in [2.45, 2.75) is 13.5 Å². The van der Waals surface area contributed by atoms with E-state index in [9.17, 15) is 5.11 Å². The van der Waals surface area contributed by atoms with E-state index in [2.05, 4.69) is 10.3 Å². The molecule has 0 aliphatic heterocycles. The van der Waals surface area contributed by atoms with E-state index in [1.807, 2.05) is 19.1 Å². The van der Waals surface area contributed by atoms with Crippen LogP contribution < -0.4 is 10.1 Å². The maximum atomic E-state index is 9.71. The average molecular weight is 279 g/mol. The predicted octanol–water partition coefficient (Wildman–Crippen LogP) is 3.37. The summed E-state index contributed by atoms with van der Waals surface area (Å²) in [6.45, 7) is 2.51. The molecule has 0 fully saturated rings. The maximum Gasteiger partial charge on any atom is 0.160 e. The van der Waals surface area contributed by atoms with Crippen LogP contribution in [0.4, 0.5) is 5.69 Å². The first kappa shape index (κ1) is 13.5. The van der Waals surface area contributed by atoms with Crippen LogP contribution in [0.25, 0.3) is 0 Å². The molecule has 2 aromatic rings. The van der Waals surface area contributed by atoms with Crippen LogP contribution in [-0.4, -0.2) is 17.2 Å². The van der Waals surface area contributed by atoms with Crippen molar-refractivity contribution in [3.8, 4) is 11.5 Å². The number of phenolic OH excluding ortho intramolecular Hbond substituents is 1. The summed E-state index contributed by atoms with van der Waals surface area (Å²) in [6.07, 6.45) is 1.67. The van der Waals surface area contributed by atoms with E-state index in [4.69, 9.17) is 16.3 Å². The number of nitrogens with one attached hydrogen (secondary N) is 1. The van der Waals surface area contributed by atoms with Crippen molar-refractivity contribution in [2.75, 3.05) is 12.4 Å². The zero-order chi connectivity index (χ0) is 13.8. The van der Waals surface area contributed by atoms with Gasteiger partial charge in [0.1, 0.15) is 0 Å². The lowest BCUT2D eigenvalue weighted by molar-refractivity contribution is 0.373. The van der Waals surface area contributed by atoms with Crippen molar-refractivity contribution in [3.63, 3.8) is 0 Å². The topological polar surface area (TPSA) is 54.4 Å². The molecule has 1 aromatic heterocycles. The van der Waals surface area contributed by atoms with E-state index in [-0.39, 0.29) is 5.75 Å². The van der Waals surface area contributed by atoms with E-state index in [0.29, 0.717) is 17.4 Å². The van der Waals surface area contributed by atoms with Crippen molar-refractivity contribution in [1.29, 1.82) is 0 Å². The molecule has 0 amide bonds. The number of aromatic nitrogens is 1. The molecule has 1 aromatic carbocycles. The Morgan fingerprint density at radius 1 is 1.37 bits per heavy atom. The Morgan fingerprint density at radius 2 is 2.16 bits per heavy atom. The third kappa shape index (κ3) is 3.09. The Morgan fingerprint density at radius 3 is 2.79 bits per heavy atom. The number of halogens is 1. The van der Waals surface area contributed by atoms with E-state index >= 15 is 0 Å². The van der Waals surface area contributed by atoms with Gasteiger partial charge in [-0.15, -0.1) is 0 Å². The van der Waals surface area contributed by atoms with Gasteiger partial charge in [0.2, 0.25) is 0 Å². The largest absolute Gasteiger partial charge is 0.504 e. The highest BCUT2D eigenvalue weighted by molar-refractivity contribution is 6.32. The summed E-state index contributed by atoms with van der Waals surface area (Å²) >= 11 is 6.03. The monoisotopic (exact) mass is 278 g/mol. The van der Waals surface area contributed by atoms with Crippen LogP contribution in [0.5, 0.6) is 11.5 Å². The molecule has 2 N–H and O–H groups in total. The van der Waals surface area contributed by atoms with Crippen LogP contribution in [0.3, 0.4) is 0 Å². The minimum atomic E-state index is 0.121. The Bertz CT molecular complexity index is 567. The highest BCUT2D eigenvalue weighted by Gasteiger charge is 2.06. The number of anilines is 1. The normalized spacial score (nSPS) is 10.3. The molecular weight excluding hydrogens is 264 g/mol. The van der Waals surface area contributed by atoms with Gasteiger partial charge >= 0.3 is 0 Å². The van der Waals surface area contributed by atoms with Crippen molar-refractivity contribution < 1.29 is 9.84 Å². The van der Waals surface area contributed by atoms with Crippen molar-refractivity contribution in [3.05, 3.63) is 46.7 Å². The number of nitrogens with zero attached hydrogens (tertiary/aromatic N) is 1. The zero-order valence-corrected chi connectivity index (χ0v) is 11.5. The van der Waals surface area contributed by atoms with E-state index in [0.717, 1.165) is 16.8 Å². The number of hydrogen-bond acceptors (Lipinski definition) is 4. The Labute approximate surface area is 117 Å². The molecule has 1 heterocycles. The molecule has 0 radical (unpaired) electrons. The fourth-order valence-corrected chi connectivity index (χ4v) is 2.05. The minimum Gasteiger partial charge on any atom is -0.504 e. The Kier molecular flexibility index (Phi) is 4.12. The number of methoxy groups -OCH3 is 1. The summed E-state index contributed by atoms with van der Waals surface area (Å²) in [6, 6.07) is 7.15. The van der Waals surface area contributed by atoms with Crippen LogP contribution in [0.1, 0.15) is 11.1 Å². The predicted molar refractivity (Wildman–Crippen MR) is 76.0 cm³/mol. The number of hydrogen-bond donors (Lipinski definition) is 2. The molecule has 100 valence electrons. The summed E-state index contributed by atoms with van der Waals surface area (Å²) < 4.78 is 5.00. The van der Waals surface area contributed by atoms with Crippen LogP contribution in [-0.2, 0) is 6.54 Å². The van der Waals surface area contributed by atoms with Crippen molar-refractivity contribution in [1.82, 2.24) is 4.98 Å². The zero-order valence-electron chi connectivity index (χ0n) is 10.8. The summed E-state index contributed by atoms with van der Waals surface area (Å²) in [7, 11) is 1.52. The number of ether oxygens (including phenoxy) is 1. The second-order valence-electron chi connectivity index (χ2n) is 4.15. The number of phenols is 1. The second-order valence-corrected chi connectivity index (χ2v) is 4.51. The van der Waals surface area contributed by atoms with Crippen LogP contribution >= 0.6 is 11.6 Å². The molecule has 0 spiro atoms. The summed E-state index contributed by atoms with van der Waals surface area (Å²) in [5, 5.41) is 13.4. The van der Waals surface area contributed by atoms with Crippen LogP contribution in [0, 0.1) is 6.92 Å². The molecular formula is C14H15ClN2O2. The fraction of sp³-hybridized carbons (Fsp3) is 0.214. The van der Waals surface area contributed by atoms with Gasteiger partial charge < -0.3 is 15.2 Å². The first-order chi connectivity index (χ1) is 9.11. The first-order valence-corrected chi connectivity index (χ1v) is 6.20. The van der Waals surface area contributed by atoms with Gasteiger partial charge in [0.05, 0.1) is 12.8 Å². The second kappa shape index (κ2) is 5.80. The maximum absolute atomic E-state index is 9.71. The smallest absolute Gasteiger partial charge is 0.160 e. The molecule has 0 aliphatic carbocycles. The highest BCUT2D eigenvalue weighted by atomic mass is 35.5. The standard InChI is InChI=1S/C14H15ClN2O2/c1-9-5-6-16-14(15)13(9)17-8-10-3-4-12(19-2)11(18)7-10/h3-7,17-18H,8H2,1-2H3. The summed E-state index contributed by atoms with van der Waals surface area (Å²) in [4.78, 5) is 4.03. The van der Waals surface area contributed by atoms with Crippen molar-refractivity contribution >= 4 is 17.3 Å². The number of aryl methyl sites for hydroxylation is 1.